The quantitative estimate of drug-likeness (QED) is 0.436. The molecule has 1 aromatic heterocycles. The van der Waals surface area contributed by atoms with Crippen molar-refractivity contribution in [1.29, 1.82) is 0 Å². The van der Waals surface area contributed by atoms with Gasteiger partial charge in [0.15, 0.2) is 0 Å². The lowest BCUT2D eigenvalue weighted by Gasteiger charge is -2.04. The van der Waals surface area contributed by atoms with Crippen LogP contribution in [0.4, 0.5) is 11.4 Å². The Morgan fingerprint density at radius 2 is 1.55 bits per heavy atom. The van der Waals surface area contributed by atoms with Gasteiger partial charge in [0, 0.05) is 42.7 Å². The van der Waals surface area contributed by atoms with Gasteiger partial charge in [-0.15, -0.1) is 0 Å². The van der Waals surface area contributed by atoms with Gasteiger partial charge in [0.1, 0.15) is 5.56 Å². The summed E-state index contributed by atoms with van der Waals surface area (Å²) in [5.74, 6) is 0. The molecule has 0 unspecified atom stereocenters. The van der Waals surface area contributed by atoms with Crippen LogP contribution in [0.5, 0.6) is 0 Å². The van der Waals surface area contributed by atoms with Gasteiger partial charge in [-0.05, 0) is 52.4 Å². The maximum atomic E-state index is 4.49. The number of hydrogen-bond acceptors (Lipinski definition) is 2. The van der Waals surface area contributed by atoms with E-state index in [0.29, 0.717) is 0 Å². The summed E-state index contributed by atoms with van der Waals surface area (Å²) in [7, 11) is 0. The van der Waals surface area contributed by atoms with Crippen molar-refractivity contribution in [3.8, 4) is 17.2 Å². The molecular formula is C26H22N3+. The third-order valence-corrected chi connectivity index (χ3v) is 4.59. The highest BCUT2D eigenvalue weighted by Gasteiger charge is 2.04. The van der Waals surface area contributed by atoms with Gasteiger partial charge in [0.2, 0.25) is 0 Å². The molecule has 3 heteroatoms. The van der Waals surface area contributed by atoms with E-state index >= 15 is 0 Å². The molecule has 0 radical (unpaired) electrons. The van der Waals surface area contributed by atoms with Gasteiger partial charge in [-0.3, -0.25) is 4.98 Å². The number of nitrogens with zero attached hydrogens (tertiary/aromatic N) is 2. The minimum absolute atomic E-state index is 0.845. The van der Waals surface area contributed by atoms with Gasteiger partial charge >= 0.3 is 11.8 Å². The topological polar surface area (TPSA) is 29.3 Å². The summed E-state index contributed by atoms with van der Waals surface area (Å²) < 4.78 is 0. The van der Waals surface area contributed by atoms with E-state index in [1.807, 2.05) is 79.0 Å². The van der Waals surface area contributed by atoms with Crippen LogP contribution in [0.1, 0.15) is 11.3 Å². The average molecular weight is 376 g/mol. The lowest BCUT2D eigenvalue weighted by molar-refractivity contribution is 0.961. The summed E-state index contributed by atoms with van der Waals surface area (Å²) in [4.78, 5) is 8.83. The largest absolute Gasteiger partial charge is 0.385 e. The summed E-state index contributed by atoms with van der Waals surface area (Å²) >= 11 is 0. The predicted octanol–water partition coefficient (Wildman–Crippen LogP) is 6.42. The first kappa shape index (κ1) is 18.5. The molecule has 0 aliphatic carbocycles. The fraction of sp³-hybridized carbons (Fsp3) is 0.0769. The minimum atomic E-state index is 0.845. The average Bonchev–Trinajstić information content (AvgIpc) is 2.80. The fourth-order valence-electron chi connectivity index (χ4n) is 3.06. The van der Waals surface area contributed by atoms with Crippen molar-refractivity contribution in [2.75, 3.05) is 11.9 Å². The van der Waals surface area contributed by atoms with Crippen molar-refractivity contribution in [2.24, 2.45) is 0 Å². The number of pyridine rings is 1. The molecule has 1 heterocycles. The molecule has 0 aliphatic rings. The van der Waals surface area contributed by atoms with Crippen LogP contribution in [-0.2, 0) is 6.42 Å². The molecule has 3 aromatic carbocycles. The summed E-state index contributed by atoms with van der Waals surface area (Å²) in [5.41, 5.74) is 6.37. The Kier molecular flexibility index (Phi) is 5.95. The van der Waals surface area contributed by atoms with Gasteiger partial charge in [-0.1, -0.05) is 48.5 Å². The molecule has 0 atom stereocenters. The Labute approximate surface area is 171 Å². The number of hydrogen-bond donors (Lipinski definition) is 1. The smallest absolute Gasteiger partial charge is 0.340 e. The maximum absolute atomic E-state index is 4.49. The van der Waals surface area contributed by atoms with Crippen LogP contribution in [0.3, 0.4) is 0 Å². The van der Waals surface area contributed by atoms with E-state index in [2.05, 4.69) is 45.5 Å². The first-order valence-electron chi connectivity index (χ1n) is 9.73. The Morgan fingerprint density at radius 1 is 0.759 bits per heavy atom. The summed E-state index contributed by atoms with van der Waals surface area (Å²) in [6.07, 6.45) is 2.72. The monoisotopic (exact) mass is 376 g/mol. The van der Waals surface area contributed by atoms with Crippen LogP contribution in [0.2, 0.25) is 0 Å². The Hall–Kier alpha value is -3.90. The molecule has 0 aliphatic heterocycles. The molecule has 3 nitrogen and oxygen atoms in total. The van der Waals surface area contributed by atoms with Gasteiger partial charge < -0.3 is 5.32 Å². The molecule has 1 N–H and O–H groups in total. The van der Waals surface area contributed by atoms with Crippen LogP contribution in [0.15, 0.2) is 103 Å². The van der Waals surface area contributed by atoms with Crippen molar-refractivity contribution >= 4 is 11.4 Å². The van der Waals surface area contributed by atoms with Crippen LogP contribution in [0, 0.1) is 6.07 Å². The summed E-state index contributed by atoms with van der Waals surface area (Å²) in [6, 6.07) is 35.8. The highest BCUT2D eigenvalue weighted by molar-refractivity contribution is 5.65. The van der Waals surface area contributed by atoms with Crippen molar-refractivity contribution in [1.82, 2.24) is 4.98 Å². The second kappa shape index (κ2) is 9.34. The first-order valence-corrected chi connectivity index (χ1v) is 9.73. The minimum Gasteiger partial charge on any atom is -0.385 e. The normalized spacial score (nSPS) is 10.1. The van der Waals surface area contributed by atoms with Crippen molar-refractivity contribution in [2.45, 2.75) is 6.42 Å². The van der Waals surface area contributed by atoms with E-state index in [1.165, 1.54) is 11.1 Å². The standard InChI is InChI=1S/C26H22N3/c1-2-8-22(9-3-1)23-10-6-7-21(19-23)20-29-26-14-12-25(13-15-26)28-18-16-24-11-4-5-17-27-24/h1-15,17,19,28H,16,18H2/q+1. The van der Waals surface area contributed by atoms with E-state index in [4.69, 9.17) is 0 Å². The summed E-state index contributed by atoms with van der Waals surface area (Å²) in [5, 5.41) is 3.42. The number of aromatic nitrogens is 1. The zero-order valence-corrected chi connectivity index (χ0v) is 16.1. The summed E-state index contributed by atoms with van der Waals surface area (Å²) in [6.45, 7) is 0.845. The van der Waals surface area contributed by atoms with Gasteiger partial charge in [-0.2, -0.15) is 0 Å². The van der Waals surface area contributed by atoms with Gasteiger partial charge in [0.05, 0.1) is 0 Å². The second-order valence-electron chi connectivity index (χ2n) is 6.72. The predicted molar refractivity (Wildman–Crippen MR) is 121 cm³/mol. The van der Waals surface area contributed by atoms with E-state index in [-0.39, 0.29) is 0 Å². The molecule has 0 spiro atoms. The zero-order chi connectivity index (χ0) is 19.7. The molecule has 0 fully saturated rings. The van der Waals surface area contributed by atoms with Crippen LogP contribution < -0.4 is 5.32 Å². The molecule has 4 rings (SSSR count). The van der Waals surface area contributed by atoms with Gasteiger partial charge in [0.25, 0.3) is 0 Å². The third-order valence-electron chi connectivity index (χ3n) is 4.59. The molecule has 29 heavy (non-hydrogen) atoms. The van der Waals surface area contributed by atoms with E-state index in [0.717, 1.165) is 35.6 Å². The highest BCUT2D eigenvalue weighted by atomic mass is 14.9. The van der Waals surface area contributed by atoms with Crippen molar-refractivity contribution in [3.63, 3.8) is 0 Å². The van der Waals surface area contributed by atoms with Crippen LogP contribution in [0.25, 0.3) is 16.0 Å². The molecular weight excluding hydrogens is 354 g/mol. The van der Waals surface area contributed by atoms with E-state index in [1.54, 1.807) is 0 Å². The molecule has 0 saturated carbocycles. The van der Waals surface area contributed by atoms with E-state index < -0.39 is 0 Å². The third kappa shape index (κ3) is 5.31. The Balaban J connectivity index is 1.38. The fourth-order valence-corrected chi connectivity index (χ4v) is 3.06. The second-order valence-corrected chi connectivity index (χ2v) is 6.72. The molecule has 0 bridgehead atoms. The molecule has 140 valence electrons. The van der Waals surface area contributed by atoms with Crippen molar-refractivity contribution < 1.29 is 0 Å². The number of rotatable bonds is 5. The maximum Gasteiger partial charge on any atom is 0.340 e. The first-order chi connectivity index (χ1) is 14.4. The lowest BCUT2D eigenvalue weighted by atomic mass is 10.0. The number of anilines is 1. The zero-order valence-electron chi connectivity index (χ0n) is 16.1. The number of nitrogens with one attached hydrogen (secondary N) is 1. The Bertz CT molecular complexity index is 1110. The van der Waals surface area contributed by atoms with Gasteiger partial charge in [-0.25, -0.2) is 0 Å². The molecule has 4 aromatic rings. The molecule has 0 saturated heterocycles. The SMILES string of the molecule is C(#[N+]c1ccc(NCCc2ccccn2)cc1)c1cccc(-c2ccccc2)c1. The molecule has 0 amide bonds. The lowest BCUT2D eigenvalue weighted by Crippen LogP contribution is -2.05. The van der Waals surface area contributed by atoms with Crippen LogP contribution >= 0.6 is 0 Å². The van der Waals surface area contributed by atoms with Crippen LogP contribution in [-0.4, -0.2) is 11.5 Å². The van der Waals surface area contributed by atoms with Crippen molar-refractivity contribution in [3.05, 3.63) is 119 Å². The highest BCUT2D eigenvalue weighted by Crippen LogP contribution is 2.21. The van der Waals surface area contributed by atoms with E-state index in [9.17, 15) is 0 Å². The number of benzene rings is 3. The Morgan fingerprint density at radius 3 is 2.34 bits per heavy atom.